The maximum Gasteiger partial charge on any atom is 0.320 e. The lowest BCUT2D eigenvalue weighted by Crippen LogP contribution is -2.17. The van der Waals surface area contributed by atoms with E-state index in [2.05, 4.69) is 15.3 Å². The van der Waals surface area contributed by atoms with E-state index in [-0.39, 0.29) is 5.97 Å². The van der Waals surface area contributed by atoms with E-state index in [0.717, 1.165) is 5.56 Å². The molecular formula is C14H14N4O2S. The van der Waals surface area contributed by atoms with Crippen LogP contribution in [0.3, 0.4) is 0 Å². The molecule has 0 aliphatic carbocycles. The first-order valence-electron chi connectivity index (χ1n) is 6.61. The minimum absolute atomic E-state index is 0.300. The van der Waals surface area contributed by atoms with Crippen molar-refractivity contribution in [3.05, 3.63) is 46.7 Å². The Bertz CT molecular complexity index is 766. The second-order valence-corrected chi connectivity index (χ2v) is 5.47. The summed E-state index contributed by atoms with van der Waals surface area (Å²) in [6, 6.07) is 9.50. The first-order chi connectivity index (χ1) is 10.2. The summed E-state index contributed by atoms with van der Waals surface area (Å²) in [5.41, 5.74) is 0.860. The van der Waals surface area contributed by atoms with Crippen LogP contribution in [0.1, 0.15) is 29.2 Å². The summed E-state index contributed by atoms with van der Waals surface area (Å²) in [6.45, 7) is 3.96. The highest BCUT2D eigenvalue weighted by molar-refractivity contribution is 7.16. The highest BCUT2D eigenvalue weighted by Crippen LogP contribution is 2.29. The Hall–Kier alpha value is -2.28. The van der Waals surface area contributed by atoms with E-state index in [1.54, 1.807) is 11.4 Å². The highest BCUT2D eigenvalue weighted by Gasteiger charge is 2.28. The van der Waals surface area contributed by atoms with E-state index in [4.69, 9.17) is 4.74 Å². The molecule has 0 radical (unpaired) electrons. The molecule has 0 spiro atoms. The van der Waals surface area contributed by atoms with E-state index in [9.17, 15) is 4.79 Å². The van der Waals surface area contributed by atoms with E-state index < -0.39 is 5.92 Å². The van der Waals surface area contributed by atoms with Gasteiger partial charge in [-0.15, -0.1) is 10.2 Å². The fourth-order valence-electron chi connectivity index (χ4n) is 2.10. The maximum absolute atomic E-state index is 12.3. The number of hydrogen-bond acceptors (Lipinski definition) is 6. The Balaban J connectivity index is 2.07. The molecule has 0 bridgehead atoms. The zero-order valence-electron chi connectivity index (χ0n) is 11.7. The fourth-order valence-corrected chi connectivity index (χ4v) is 3.10. The van der Waals surface area contributed by atoms with Crippen LogP contribution in [0.5, 0.6) is 0 Å². The third kappa shape index (κ3) is 2.52. The molecule has 6 nitrogen and oxygen atoms in total. The van der Waals surface area contributed by atoms with Crippen LogP contribution in [0.25, 0.3) is 4.96 Å². The second kappa shape index (κ2) is 5.61. The Morgan fingerprint density at radius 3 is 2.76 bits per heavy atom. The predicted octanol–water partition coefficient (Wildman–Crippen LogP) is 2.19. The zero-order valence-corrected chi connectivity index (χ0v) is 12.5. The van der Waals surface area contributed by atoms with E-state index in [0.29, 0.717) is 22.4 Å². The minimum atomic E-state index is -0.530. The number of benzene rings is 1. The minimum Gasteiger partial charge on any atom is -0.465 e. The number of ether oxygens (including phenoxy) is 1. The molecule has 0 saturated heterocycles. The molecule has 2 heterocycles. The van der Waals surface area contributed by atoms with E-state index in [1.807, 2.05) is 37.3 Å². The molecule has 1 aromatic carbocycles. The smallest absolute Gasteiger partial charge is 0.320 e. The molecule has 0 fully saturated rings. The normalized spacial score (nSPS) is 12.5. The van der Waals surface area contributed by atoms with Gasteiger partial charge in [0.05, 0.1) is 6.61 Å². The lowest BCUT2D eigenvalue weighted by atomic mass is 10.0. The number of nitrogens with zero attached hydrogens (tertiary/aromatic N) is 4. The standard InChI is InChI=1S/C14H14N4O2S/c1-3-20-13(19)11(10-7-5-4-6-8-10)12-17-18-9(2)15-16-14(18)21-12/h4-8,11H,3H2,1-2H3. The average molecular weight is 302 g/mol. The van der Waals surface area contributed by atoms with Crippen molar-refractivity contribution in [1.82, 2.24) is 19.8 Å². The Morgan fingerprint density at radius 2 is 2.10 bits per heavy atom. The van der Waals surface area contributed by atoms with Crippen LogP contribution in [0.4, 0.5) is 0 Å². The number of rotatable bonds is 4. The van der Waals surface area contributed by atoms with Crippen LogP contribution < -0.4 is 0 Å². The van der Waals surface area contributed by atoms with Gasteiger partial charge in [-0.3, -0.25) is 4.79 Å². The quantitative estimate of drug-likeness (QED) is 0.691. The summed E-state index contributed by atoms with van der Waals surface area (Å²) >= 11 is 1.35. The maximum atomic E-state index is 12.3. The van der Waals surface area contributed by atoms with Gasteiger partial charge in [0.15, 0.2) is 5.82 Å². The van der Waals surface area contributed by atoms with Crippen LogP contribution in [-0.4, -0.2) is 32.4 Å². The lowest BCUT2D eigenvalue weighted by Gasteiger charge is -2.12. The molecule has 3 rings (SSSR count). The highest BCUT2D eigenvalue weighted by atomic mass is 32.1. The number of aryl methyl sites for hydroxylation is 1. The van der Waals surface area contributed by atoms with Gasteiger partial charge >= 0.3 is 5.97 Å². The van der Waals surface area contributed by atoms with Gasteiger partial charge in [0, 0.05) is 0 Å². The molecule has 2 aromatic heterocycles. The van der Waals surface area contributed by atoms with Crippen molar-refractivity contribution in [2.45, 2.75) is 19.8 Å². The first-order valence-corrected chi connectivity index (χ1v) is 7.42. The summed E-state index contributed by atoms with van der Waals surface area (Å²) in [5, 5.41) is 13.1. The number of aromatic nitrogens is 4. The number of carbonyl (C=O) groups excluding carboxylic acids is 1. The largest absolute Gasteiger partial charge is 0.465 e. The van der Waals surface area contributed by atoms with Gasteiger partial charge < -0.3 is 4.74 Å². The molecule has 0 amide bonds. The molecule has 3 aromatic rings. The van der Waals surface area contributed by atoms with Crippen molar-refractivity contribution in [2.75, 3.05) is 6.61 Å². The topological polar surface area (TPSA) is 69.4 Å². The van der Waals surface area contributed by atoms with Gasteiger partial charge in [-0.2, -0.15) is 9.61 Å². The summed E-state index contributed by atoms with van der Waals surface area (Å²) in [4.78, 5) is 13.0. The Kier molecular flexibility index (Phi) is 3.66. The van der Waals surface area contributed by atoms with Crippen molar-refractivity contribution in [1.29, 1.82) is 0 Å². The molecule has 1 atom stereocenters. The van der Waals surface area contributed by atoms with E-state index in [1.165, 1.54) is 11.3 Å². The number of esters is 1. The third-order valence-electron chi connectivity index (χ3n) is 3.06. The zero-order chi connectivity index (χ0) is 14.8. The molecule has 108 valence electrons. The molecule has 1 unspecified atom stereocenters. The number of fused-ring (bicyclic) bond motifs is 1. The molecular weight excluding hydrogens is 288 g/mol. The lowest BCUT2D eigenvalue weighted by molar-refractivity contribution is -0.143. The summed E-state index contributed by atoms with van der Waals surface area (Å²) in [6.07, 6.45) is 0. The van der Waals surface area contributed by atoms with Gasteiger partial charge in [-0.1, -0.05) is 41.7 Å². The molecule has 21 heavy (non-hydrogen) atoms. The fraction of sp³-hybridized carbons (Fsp3) is 0.286. The summed E-state index contributed by atoms with van der Waals surface area (Å²) < 4.78 is 6.85. The molecule has 0 saturated carbocycles. The van der Waals surface area contributed by atoms with Crippen LogP contribution >= 0.6 is 11.3 Å². The summed E-state index contributed by atoms with van der Waals surface area (Å²) in [5.74, 6) is -0.133. The molecule has 0 aliphatic heterocycles. The number of carbonyl (C=O) groups is 1. The monoisotopic (exact) mass is 302 g/mol. The van der Waals surface area contributed by atoms with Gasteiger partial charge in [-0.25, -0.2) is 0 Å². The third-order valence-corrected chi connectivity index (χ3v) is 4.03. The van der Waals surface area contributed by atoms with E-state index >= 15 is 0 Å². The van der Waals surface area contributed by atoms with Crippen LogP contribution in [0.15, 0.2) is 30.3 Å². The average Bonchev–Trinajstić information content (AvgIpc) is 3.03. The second-order valence-electron chi connectivity index (χ2n) is 4.48. The van der Waals surface area contributed by atoms with Gasteiger partial charge in [-0.05, 0) is 19.4 Å². The predicted molar refractivity (Wildman–Crippen MR) is 78.3 cm³/mol. The molecule has 7 heteroatoms. The van der Waals surface area contributed by atoms with Crippen LogP contribution in [0.2, 0.25) is 0 Å². The molecule has 0 N–H and O–H groups in total. The van der Waals surface area contributed by atoms with Crippen LogP contribution in [-0.2, 0) is 9.53 Å². The molecule has 0 aliphatic rings. The Labute approximate surface area is 125 Å². The van der Waals surface area contributed by atoms with Gasteiger partial charge in [0.25, 0.3) is 0 Å². The van der Waals surface area contributed by atoms with Crippen molar-refractivity contribution in [3.8, 4) is 0 Å². The van der Waals surface area contributed by atoms with Gasteiger partial charge in [0.1, 0.15) is 10.9 Å². The SMILES string of the molecule is CCOC(=O)C(c1ccccc1)c1nn2c(C)nnc2s1. The van der Waals surface area contributed by atoms with Crippen molar-refractivity contribution < 1.29 is 9.53 Å². The first kappa shape index (κ1) is 13.7. The number of hydrogen-bond donors (Lipinski definition) is 0. The summed E-state index contributed by atoms with van der Waals surface area (Å²) in [7, 11) is 0. The van der Waals surface area contributed by atoms with Crippen molar-refractivity contribution in [3.63, 3.8) is 0 Å². The Morgan fingerprint density at radius 1 is 1.33 bits per heavy atom. The van der Waals surface area contributed by atoms with Crippen molar-refractivity contribution in [2.24, 2.45) is 0 Å². The van der Waals surface area contributed by atoms with Crippen LogP contribution in [0, 0.1) is 6.92 Å². The van der Waals surface area contributed by atoms with Gasteiger partial charge in [0.2, 0.25) is 4.96 Å². The van der Waals surface area contributed by atoms with Crippen molar-refractivity contribution >= 4 is 22.3 Å².